The quantitative estimate of drug-likeness (QED) is 0.715. The van der Waals surface area contributed by atoms with Crippen LogP contribution < -0.4 is 10.3 Å². The summed E-state index contributed by atoms with van der Waals surface area (Å²) in [5.74, 6) is 0.568. The molecule has 1 fully saturated rings. The fourth-order valence-electron chi connectivity index (χ4n) is 3.93. The average molecular weight is 419 g/mol. The molecular weight excluding hydrogens is 388 g/mol. The van der Waals surface area contributed by atoms with Gasteiger partial charge in [0.1, 0.15) is 0 Å². The first-order valence-corrected chi connectivity index (χ1v) is 12.0. The van der Waals surface area contributed by atoms with Crippen molar-refractivity contribution in [3.05, 3.63) is 70.1 Å². The van der Waals surface area contributed by atoms with Crippen molar-refractivity contribution in [1.29, 1.82) is 0 Å². The molecule has 1 aromatic heterocycles. The highest BCUT2D eigenvalue weighted by atomic mass is 32.2. The number of nitrogens with zero attached hydrogens (tertiary/aromatic N) is 1. The Bertz CT molecular complexity index is 948. The summed E-state index contributed by atoms with van der Waals surface area (Å²) in [6, 6.07) is 13.7. The number of sulfonamides is 1. The SMILES string of the molecule is Cc1cccn(C(CNS(C)(=O)=O)COC2CCC(c3ccccc3)CC2)c1=O. The smallest absolute Gasteiger partial charge is 0.253 e. The Labute approximate surface area is 173 Å². The van der Waals surface area contributed by atoms with Gasteiger partial charge < -0.3 is 9.30 Å². The molecule has 0 bridgehead atoms. The fourth-order valence-corrected chi connectivity index (χ4v) is 4.43. The molecule has 1 saturated carbocycles. The van der Waals surface area contributed by atoms with Gasteiger partial charge in [-0.2, -0.15) is 0 Å². The summed E-state index contributed by atoms with van der Waals surface area (Å²) >= 11 is 0. The molecule has 0 amide bonds. The van der Waals surface area contributed by atoms with E-state index < -0.39 is 10.0 Å². The van der Waals surface area contributed by atoms with Crippen molar-refractivity contribution in [1.82, 2.24) is 9.29 Å². The standard InChI is InChI=1S/C22H30N2O4S/c1-17-7-6-14-24(22(17)25)20(15-23-29(2,26)27)16-28-21-12-10-19(11-13-21)18-8-4-3-5-9-18/h3-9,14,19-21,23H,10-13,15-16H2,1-2H3. The van der Waals surface area contributed by atoms with E-state index in [0.29, 0.717) is 18.1 Å². The predicted molar refractivity (Wildman–Crippen MR) is 115 cm³/mol. The number of ether oxygens (including phenoxy) is 1. The molecule has 1 aromatic carbocycles. The summed E-state index contributed by atoms with van der Waals surface area (Å²) in [5, 5.41) is 0. The predicted octanol–water partition coefficient (Wildman–Crippen LogP) is 2.99. The van der Waals surface area contributed by atoms with Crippen LogP contribution in [0.4, 0.5) is 0 Å². The number of aromatic nitrogens is 1. The summed E-state index contributed by atoms with van der Waals surface area (Å²) in [5.41, 5.74) is 1.89. The second kappa shape index (κ2) is 9.69. The van der Waals surface area contributed by atoms with Crippen LogP contribution in [0.1, 0.15) is 48.8 Å². The molecule has 1 aliphatic carbocycles. The Morgan fingerprint density at radius 1 is 1.10 bits per heavy atom. The van der Waals surface area contributed by atoms with Gasteiger partial charge >= 0.3 is 0 Å². The monoisotopic (exact) mass is 418 g/mol. The topological polar surface area (TPSA) is 77.4 Å². The normalized spacial score (nSPS) is 21.0. The van der Waals surface area contributed by atoms with Crippen LogP contribution in [0.15, 0.2) is 53.5 Å². The number of hydrogen-bond acceptors (Lipinski definition) is 4. The summed E-state index contributed by atoms with van der Waals surface area (Å²) in [4.78, 5) is 12.5. The van der Waals surface area contributed by atoms with Crippen LogP contribution in [0.2, 0.25) is 0 Å². The maximum Gasteiger partial charge on any atom is 0.253 e. The third-order valence-electron chi connectivity index (χ3n) is 5.61. The van der Waals surface area contributed by atoms with Crippen LogP contribution in [0, 0.1) is 6.92 Å². The molecule has 2 aromatic rings. The van der Waals surface area contributed by atoms with Crippen molar-refractivity contribution in [2.45, 2.75) is 50.7 Å². The van der Waals surface area contributed by atoms with Gasteiger partial charge in [0.15, 0.2) is 0 Å². The maximum atomic E-state index is 12.5. The van der Waals surface area contributed by atoms with Crippen LogP contribution in [0.25, 0.3) is 0 Å². The van der Waals surface area contributed by atoms with Crippen molar-refractivity contribution >= 4 is 10.0 Å². The zero-order valence-electron chi connectivity index (χ0n) is 17.1. The Hall–Kier alpha value is -1.96. The molecule has 1 atom stereocenters. The lowest BCUT2D eigenvalue weighted by molar-refractivity contribution is 0.00734. The third-order valence-corrected chi connectivity index (χ3v) is 6.30. The molecule has 1 unspecified atom stereocenters. The number of benzene rings is 1. The van der Waals surface area contributed by atoms with Gasteiger partial charge in [-0.3, -0.25) is 4.79 Å². The van der Waals surface area contributed by atoms with E-state index in [1.807, 2.05) is 6.07 Å². The second-order valence-corrected chi connectivity index (χ2v) is 9.73. The van der Waals surface area contributed by atoms with E-state index in [1.165, 1.54) is 5.56 Å². The first-order valence-electron chi connectivity index (χ1n) is 10.1. The molecule has 1 N–H and O–H groups in total. The van der Waals surface area contributed by atoms with Crippen LogP contribution >= 0.6 is 0 Å². The lowest BCUT2D eigenvalue weighted by Gasteiger charge is -2.30. The molecule has 3 rings (SSSR count). The van der Waals surface area contributed by atoms with E-state index >= 15 is 0 Å². The number of hydrogen-bond donors (Lipinski definition) is 1. The van der Waals surface area contributed by atoms with Crippen LogP contribution in [-0.2, 0) is 14.8 Å². The number of nitrogens with one attached hydrogen (secondary N) is 1. The summed E-state index contributed by atoms with van der Waals surface area (Å²) < 4.78 is 33.4. The fraction of sp³-hybridized carbons (Fsp3) is 0.500. The zero-order valence-corrected chi connectivity index (χ0v) is 17.9. The lowest BCUT2D eigenvalue weighted by atomic mass is 9.83. The van der Waals surface area contributed by atoms with E-state index in [0.717, 1.165) is 31.9 Å². The Morgan fingerprint density at radius 2 is 1.79 bits per heavy atom. The van der Waals surface area contributed by atoms with Gasteiger partial charge in [-0.15, -0.1) is 0 Å². The first kappa shape index (κ1) is 21.7. The largest absolute Gasteiger partial charge is 0.376 e. The first-order chi connectivity index (χ1) is 13.8. The third kappa shape index (κ3) is 6.26. The highest BCUT2D eigenvalue weighted by molar-refractivity contribution is 7.88. The minimum absolute atomic E-state index is 0.121. The van der Waals surface area contributed by atoms with Gasteiger partial charge in [0, 0.05) is 18.3 Å². The number of pyridine rings is 1. The van der Waals surface area contributed by atoms with Crippen molar-refractivity contribution in [2.24, 2.45) is 0 Å². The van der Waals surface area contributed by atoms with E-state index in [2.05, 4.69) is 29.0 Å². The van der Waals surface area contributed by atoms with E-state index in [9.17, 15) is 13.2 Å². The highest BCUT2D eigenvalue weighted by Gasteiger charge is 2.24. The van der Waals surface area contributed by atoms with Crippen molar-refractivity contribution in [3.63, 3.8) is 0 Å². The van der Waals surface area contributed by atoms with Crippen LogP contribution in [-0.4, -0.2) is 38.5 Å². The Balaban J connectivity index is 1.61. The van der Waals surface area contributed by atoms with E-state index in [-0.39, 0.29) is 24.2 Å². The van der Waals surface area contributed by atoms with Crippen molar-refractivity contribution in [3.8, 4) is 0 Å². The molecule has 29 heavy (non-hydrogen) atoms. The molecule has 7 heteroatoms. The minimum atomic E-state index is -3.35. The molecule has 6 nitrogen and oxygen atoms in total. The lowest BCUT2D eigenvalue weighted by Crippen LogP contribution is -2.38. The van der Waals surface area contributed by atoms with Gasteiger partial charge in [-0.25, -0.2) is 13.1 Å². The van der Waals surface area contributed by atoms with E-state index in [1.54, 1.807) is 29.8 Å². The number of aryl methyl sites for hydroxylation is 1. The average Bonchev–Trinajstić information content (AvgIpc) is 2.71. The summed E-state index contributed by atoms with van der Waals surface area (Å²) in [7, 11) is -3.35. The highest BCUT2D eigenvalue weighted by Crippen LogP contribution is 2.34. The second-order valence-electron chi connectivity index (χ2n) is 7.90. The van der Waals surface area contributed by atoms with Gasteiger partial charge in [0.25, 0.3) is 5.56 Å². The molecule has 0 saturated heterocycles. The van der Waals surface area contributed by atoms with Gasteiger partial charge in [0.2, 0.25) is 10.0 Å². The molecular formula is C22H30N2O4S. The minimum Gasteiger partial charge on any atom is -0.376 e. The van der Waals surface area contributed by atoms with Gasteiger partial charge in [0.05, 0.1) is 25.0 Å². The van der Waals surface area contributed by atoms with Gasteiger partial charge in [-0.1, -0.05) is 36.4 Å². The molecule has 1 aliphatic rings. The number of rotatable bonds is 8. The zero-order chi connectivity index (χ0) is 20.9. The van der Waals surface area contributed by atoms with Crippen LogP contribution in [0.3, 0.4) is 0 Å². The molecule has 1 heterocycles. The molecule has 0 aliphatic heterocycles. The Kier molecular flexibility index (Phi) is 7.27. The van der Waals surface area contributed by atoms with E-state index in [4.69, 9.17) is 4.74 Å². The Morgan fingerprint density at radius 3 is 2.45 bits per heavy atom. The van der Waals surface area contributed by atoms with Gasteiger partial charge in [-0.05, 0) is 50.2 Å². The molecule has 158 valence electrons. The summed E-state index contributed by atoms with van der Waals surface area (Å²) in [6.07, 6.45) is 7.03. The van der Waals surface area contributed by atoms with Crippen LogP contribution in [0.5, 0.6) is 0 Å². The van der Waals surface area contributed by atoms with Crippen molar-refractivity contribution in [2.75, 3.05) is 19.4 Å². The summed E-state index contributed by atoms with van der Waals surface area (Å²) in [6.45, 7) is 2.18. The molecule has 0 spiro atoms. The maximum absolute atomic E-state index is 12.5. The van der Waals surface area contributed by atoms with Crippen molar-refractivity contribution < 1.29 is 13.2 Å². The molecule has 0 radical (unpaired) electrons.